The maximum atomic E-state index is 13.6. The molecule has 1 fully saturated rings. The van der Waals surface area contributed by atoms with Gasteiger partial charge in [0.25, 0.3) is 15.0 Å². The number of amides is 1. The molecule has 0 saturated heterocycles. The summed E-state index contributed by atoms with van der Waals surface area (Å²) in [5.41, 5.74) is -0.666. The van der Waals surface area contributed by atoms with E-state index in [0.717, 1.165) is 18.9 Å². The maximum absolute atomic E-state index is 13.6. The smallest absolute Gasteiger partial charge is 0.261 e. The minimum absolute atomic E-state index is 0.328. The van der Waals surface area contributed by atoms with Crippen molar-refractivity contribution in [1.82, 2.24) is 5.32 Å². The number of benzene rings is 1. The fraction of sp³-hybridized carbons (Fsp3) is 0.462. The van der Waals surface area contributed by atoms with Gasteiger partial charge in [0.1, 0.15) is 0 Å². The van der Waals surface area contributed by atoms with Crippen LogP contribution in [0, 0.1) is 17.6 Å². The van der Waals surface area contributed by atoms with Crippen LogP contribution in [0.4, 0.5) is 8.78 Å². The van der Waals surface area contributed by atoms with Gasteiger partial charge in [-0.1, -0.05) is 12.8 Å². The minimum Gasteiger partial charge on any atom is -0.352 e. The molecule has 1 N–H and O–H groups in total. The van der Waals surface area contributed by atoms with Crippen molar-refractivity contribution in [3.05, 3.63) is 29.3 Å². The molecule has 1 aromatic rings. The van der Waals surface area contributed by atoms with E-state index in [-0.39, 0.29) is 0 Å². The molecule has 4 nitrogen and oxygen atoms in total. The lowest BCUT2D eigenvalue weighted by atomic mass is 10.1. The van der Waals surface area contributed by atoms with Crippen LogP contribution in [0.3, 0.4) is 0 Å². The zero-order valence-corrected chi connectivity index (χ0v) is 12.6. The number of hydrogen-bond donors (Lipinski definition) is 1. The van der Waals surface area contributed by atoms with Gasteiger partial charge < -0.3 is 5.32 Å². The normalized spacial score (nSPS) is 15.0. The van der Waals surface area contributed by atoms with Crippen LogP contribution in [-0.2, 0) is 9.05 Å². The molecule has 0 heterocycles. The van der Waals surface area contributed by atoms with Crippen LogP contribution in [0.25, 0.3) is 0 Å². The molecule has 0 spiro atoms. The molecule has 2 rings (SSSR count). The third kappa shape index (κ3) is 4.38. The molecule has 1 amide bonds. The van der Waals surface area contributed by atoms with Crippen LogP contribution in [0.1, 0.15) is 36.0 Å². The van der Waals surface area contributed by atoms with Gasteiger partial charge in [-0.2, -0.15) is 0 Å². The summed E-state index contributed by atoms with van der Waals surface area (Å²) in [7, 11) is 0.839. The summed E-state index contributed by atoms with van der Waals surface area (Å²) < 4.78 is 49.3. The monoisotopic (exact) mass is 337 g/mol. The summed E-state index contributed by atoms with van der Waals surface area (Å²) in [6.07, 6.45) is 4.12. The topological polar surface area (TPSA) is 63.2 Å². The van der Waals surface area contributed by atoms with E-state index in [0.29, 0.717) is 18.5 Å². The molecular weight excluding hydrogens is 324 g/mol. The van der Waals surface area contributed by atoms with Crippen molar-refractivity contribution in [2.75, 3.05) is 6.54 Å². The van der Waals surface area contributed by atoms with Crippen LogP contribution in [0.15, 0.2) is 17.0 Å². The molecule has 116 valence electrons. The molecule has 0 atom stereocenters. The lowest BCUT2D eigenvalue weighted by Gasteiger charge is -2.08. The minimum atomic E-state index is -4.24. The number of halogens is 3. The second-order valence-electron chi connectivity index (χ2n) is 5.05. The molecule has 21 heavy (non-hydrogen) atoms. The van der Waals surface area contributed by atoms with Crippen molar-refractivity contribution in [3.8, 4) is 0 Å². The van der Waals surface area contributed by atoms with Gasteiger partial charge in [-0.3, -0.25) is 4.79 Å². The molecule has 0 aromatic heterocycles. The number of nitrogens with one attached hydrogen (secondary N) is 1. The molecule has 0 aliphatic heterocycles. The Morgan fingerprint density at radius 3 is 2.57 bits per heavy atom. The molecule has 1 aliphatic carbocycles. The highest BCUT2D eigenvalue weighted by Gasteiger charge is 2.23. The van der Waals surface area contributed by atoms with Crippen molar-refractivity contribution in [2.45, 2.75) is 30.6 Å². The van der Waals surface area contributed by atoms with E-state index in [4.69, 9.17) is 10.7 Å². The standard InChI is InChI=1S/C13H14ClF2NO3S/c14-21(19,20)9-6-10(12(16)11(15)7-9)13(18)17-5-1-2-8-3-4-8/h6-8H,1-5H2,(H,17,18). The predicted octanol–water partition coefficient (Wildman–Crippen LogP) is 2.81. The Kier molecular flexibility index (Phi) is 4.83. The zero-order chi connectivity index (χ0) is 15.6. The van der Waals surface area contributed by atoms with E-state index < -0.39 is 37.1 Å². The van der Waals surface area contributed by atoms with E-state index in [1.165, 1.54) is 12.8 Å². The Morgan fingerprint density at radius 2 is 2.00 bits per heavy atom. The second-order valence-corrected chi connectivity index (χ2v) is 7.61. The average molecular weight is 338 g/mol. The molecule has 8 heteroatoms. The van der Waals surface area contributed by atoms with E-state index >= 15 is 0 Å². The number of carbonyl (C=O) groups is 1. The summed E-state index contributed by atoms with van der Waals surface area (Å²) >= 11 is 0. The lowest BCUT2D eigenvalue weighted by Crippen LogP contribution is -2.26. The van der Waals surface area contributed by atoms with Crippen molar-refractivity contribution in [1.29, 1.82) is 0 Å². The van der Waals surface area contributed by atoms with Crippen LogP contribution in [-0.4, -0.2) is 20.9 Å². The van der Waals surface area contributed by atoms with Gasteiger partial charge in [-0.15, -0.1) is 0 Å². The first-order valence-corrected chi connectivity index (χ1v) is 8.82. The van der Waals surface area contributed by atoms with Gasteiger partial charge in [0.2, 0.25) is 0 Å². The largest absolute Gasteiger partial charge is 0.352 e. The second kappa shape index (κ2) is 6.27. The van der Waals surface area contributed by atoms with E-state index in [9.17, 15) is 22.0 Å². The van der Waals surface area contributed by atoms with Crippen LogP contribution < -0.4 is 5.32 Å². The van der Waals surface area contributed by atoms with Crippen molar-refractivity contribution in [3.63, 3.8) is 0 Å². The Labute approximate surface area is 125 Å². The Balaban J connectivity index is 2.09. The summed E-state index contributed by atoms with van der Waals surface area (Å²) in [6.45, 7) is 0.328. The fourth-order valence-electron chi connectivity index (χ4n) is 1.96. The van der Waals surface area contributed by atoms with Gasteiger partial charge in [-0.25, -0.2) is 17.2 Å². The quantitative estimate of drug-likeness (QED) is 0.641. The highest BCUT2D eigenvalue weighted by atomic mass is 35.7. The zero-order valence-electron chi connectivity index (χ0n) is 11.0. The Morgan fingerprint density at radius 1 is 1.33 bits per heavy atom. The summed E-state index contributed by atoms with van der Waals surface area (Å²) in [4.78, 5) is 11.2. The van der Waals surface area contributed by atoms with Crippen molar-refractivity contribution in [2.24, 2.45) is 5.92 Å². The summed E-state index contributed by atoms with van der Waals surface area (Å²) in [5.74, 6) is -2.97. The van der Waals surface area contributed by atoms with Gasteiger partial charge in [-0.05, 0) is 30.9 Å². The first kappa shape index (κ1) is 16.2. The summed E-state index contributed by atoms with van der Waals surface area (Å²) in [5, 5.41) is 2.45. The Hall–Kier alpha value is -1.21. The number of carbonyl (C=O) groups excluding carboxylic acids is 1. The van der Waals surface area contributed by atoms with Crippen LogP contribution in [0.2, 0.25) is 0 Å². The molecule has 1 aromatic carbocycles. The molecule has 1 saturated carbocycles. The molecule has 0 radical (unpaired) electrons. The van der Waals surface area contributed by atoms with Gasteiger partial charge in [0, 0.05) is 17.2 Å². The third-order valence-electron chi connectivity index (χ3n) is 3.30. The molecule has 0 bridgehead atoms. The Bertz CT molecular complexity index is 660. The van der Waals surface area contributed by atoms with Crippen LogP contribution in [0.5, 0.6) is 0 Å². The maximum Gasteiger partial charge on any atom is 0.261 e. The first-order chi connectivity index (χ1) is 9.79. The highest BCUT2D eigenvalue weighted by molar-refractivity contribution is 8.13. The molecular formula is C13H14ClF2NO3S. The average Bonchev–Trinajstić information content (AvgIpc) is 3.20. The van der Waals surface area contributed by atoms with Gasteiger partial charge in [0.15, 0.2) is 11.6 Å². The van der Waals surface area contributed by atoms with Crippen molar-refractivity contribution >= 4 is 25.6 Å². The predicted molar refractivity (Wildman–Crippen MR) is 73.7 cm³/mol. The summed E-state index contributed by atoms with van der Waals surface area (Å²) in [6, 6.07) is 1.18. The van der Waals surface area contributed by atoms with Gasteiger partial charge in [0.05, 0.1) is 10.5 Å². The molecule has 1 aliphatic rings. The number of hydrogen-bond acceptors (Lipinski definition) is 3. The van der Waals surface area contributed by atoms with Crippen LogP contribution >= 0.6 is 10.7 Å². The first-order valence-electron chi connectivity index (χ1n) is 6.51. The van der Waals surface area contributed by atoms with Crippen molar-refractivity contribution < 1.29 is 22.0 Å². The lowest BCUT2D eigenvalue weighted by molar-refractivity contribution is 0.0947. The SMILES string of the molecule is O=C(NCCCC1CC1)c1cc(S(=O)(=O)Cl)cc(F)c1F. The van der Waals surface area contributed by atoms with E-state index in [1.807, 2.05) is 0 Å². The van der Waals surface area contributed by atoms with E-state index in [1.54, 1.807) is 0 Å². The highest BCUT2D eigenvalue weighted by Crippen LogP contribution is 2.33. The fourth-order valence-corrected chi connectivity index (χ4v) is 2.73. The van der Waals surface area contributed by atoms with Gasteiger partial charge >= 0.3 is 0 Å². The molecule has 0 unspecified atom stereocenters. The van der Waals surface area contributed by atoms with E-state index in [2.05, 4.69) is 5.32 Å². The third-order valence-corrected chi connectivity index (χ3v) is 4.63. The number of rotatable bonds is 6.